The first kappa shape index (κ1) is 15.0. The van der Waals surface area contributed by atoms with Crippen molar-refractivity contribution in [3.8, 4) is 0 Å². The zero-order chi connectivity index (χ0) is 14.6. The van der Waals surface area contributed by atoms with Crippen molar-refractivity contribution in [2.75, 3.05) is 19.6 Å². The summed E-state index contributed by atoms with van der Waals surface area (Å²) in [7, 11) is 0. The van der Waals surface area contributed by atoms with Crippen LogP contribution in [0.5, 0.6) is 0 Å². The summed E-state index contributed by atoms with van der Waals surface area (Å²) in [6.07, 6.45) is 6.25. The highest BCUT2D eigenvalue weighted by Crippen LogP contribution is 2.38. The van der Waals surface area contributed by atoms with Gasteiger partial charge in [-0.2, -0.15) is 0 Å². The Morgan fingerprint density at radius 3 is 2.55 bits per heavy atom. The van der Waals surface area contributed by atoms with Crippen molar-refractivity contribution in [3.05, 3.63) is 11.9 Å². The summed E-state index contributed by atoms with van der Waals surface area (Å²) in [6.45, 7) is 7.23. The Kier molecular flexibility index (Phi) is 4.75. The third-order valence-corrected chi connectivity index (χ3v) is 4.73. The first-order valence-electron chi connectivity index (χ1n) is 7.53. The average molecular weight is 279 g/mol. The molecule has 0 spiro atoms. The second-order valence-electron chi connectivity index (χ2n) is 5.65. The number of hydrogen-bond donors (Lipinski definition) is 1. The molecule has 0 saturated carbocycles. The van der Waals surface area contributed by atoms with E-state index in [2.05, 4.69) is 24.2 Å². The number of amides is 1. The van der Waals surface area contributed by atoms with Gasteiger partial charge in [0.2, 0.25) is 0 Å². The Morgan fingerprint density at radius 1 is 1.35 bits per heavy atom. The fraction of sp³-hybridized carbons (Fsp3) is 0.786. The summed E-state index contributed by atoms with van der Waals surface area (Å²) in [5.74, 6) is -0.00548. The van der Waals surface area contributed by atoms with Crippen molar-refractivity contribution in [3.63, 3.8) is 0 Å². The Hall–Kier alpha value is -1.43. The molecular weight excluding hydrogens is 254 g/mol. The van der Waals surface area contributed by atoms with Gasteiger partial charge < -0.3 is 10.6 Å². The van der Waals surface area contributed by atoms with Crippen LogP contribution in [0.3, 0.4) is 0 Å². The number of nitrogens with two attached hydrogens (primary N) is 1. The summed E-state index contributed by atoms with van der Waals surface area (Å²) in [5, 5.41) is 7.87. The summed E-state index contributed by atoms with van der Waals surface area (Å²) >= 11 is 0. The van der Waals surface area contributed by atoms with Gasteiger partial charge in [0, 0.05) is 19.6 Å². The van der Waals surface area contributed by atoms with Gasteiger partial charge in [-0.3, -0.25) is 9.48 Å². The smallest absolute Gasteiger partial charge is 0.276 e. The lowest BCUT2D eigenvalue weighted by molar-refractivity contribution is 0.0552. The van der Waals surface area contributed by atoms with E-state index >= 15 is 0 Å². The van der Waals surface area contributed by atoms with Gasteiger partial charge in [-0.15, -0.1) is 5.10 Å². The molecule has 20 heavy (non-hydrogen) atoms. The molecule has 0 atom stereocenters. The minimum absolute atomic E-state index is 0.00548. The number of carbonyl (C=O) groups is 1. The van der Waals surface area contributed by atoms with Crippen molar-refractivity contribution < 1.29 is 4.79 Å². The van der Waals surface area contributed by atoms with E-state index < -0.39 is 0 Å². The minimum atomic E-state index is -0.00548. The molecule has 6 nitrogen and oxygen atoms in total. The first-order chi connectivity index (χ1) is 9.64. The number of piperidine rings is 1. The molecule has 1 fully saturated rings. The molecule has 0 aromatic carbocycles. The van der Waals surface area contributed by atoms with E-state index in [1.54, 1.807) is 10.9 Å². The Labute approximate surface area is 120 Å². The van der Waals surface area contributed by atoms with E-state index in [1.807, 2.05) is 4.90 Å². The molecular formula is C14H25N5O. The van der Waals surface area contributed by atoms with Crippen LogP contribution < -0.4 is 5.73 Å². The molecule has 1 aromatic rings. The molecule has 0 unspecified atom stereocenters. The second kappa shape index (κ2) is 6.35. The van der Waals surface area contributed by atoms with Gasteiger partial charge in [0.15, 0.2) is 5.69 Å². The average Bonchev–Trinajstić information content (AvgIpc) is 2.96. The van der Waals surface area contributed by atoms with E-state index in [4.69, 9.17) is 5.73 Å². The van der Waals surface area contributed by atoms with Crippen molar-refractivity contribution >= 4 is 5.91 Å². The van der Waals surface area contributed by atoms with Crippen LogP contribution in [0.15, 0.2) is 6.20 Å². The van der Waals surface area contributed by atoms with Gasteiger partial charge in [0.25, 0.3) is 5.91 Å². The molecule has 2 N–H and O–H groups in total. The van der Waals surface area contributed by atoms with Crippen molar-refractivity contribution in [2.45, 2.75) is 46.1 Å². The molecule has 1 aromatic heterocycles. The third kappa shape index (κ3) is 3.00. The fourth-order valence-electron chi connectivity index (χ4n) is 2.94. The predicted molar refractivity (Wildman–Crippen MR) is 77.2 cm³/mol. The number of rotatable bonds is 5. The quantitative estimate of drug-likeness (QED) is 0.880. The van der Waals surface area contributed by atoms with Crippen LogP contribution in [-0.2, 0) is 6.54 Å². The highest BCUT2D eigenvalue weighted by Gasteiger charge is 2.33. The number of likely N-dealkylation sites (tertiary alicyclic amines) is 1. The van der Waals surface area contributed by atoms with Crippen LogP contribution in [-0.4, -0.2) is 45.4 Å². The van der Waals surface area contributed by atoms with Crippen molar-refractivity contribution in [2.24, 2.45) is 11.1 Å². The number of nitrogens with zero attached hydrogens (tertiary/aromatic N) is 4. The van der Waals surface area contributed by atoms with Gasteiger partial charge >= 0.3 is 0 Å². The van der Waals surface area contributed by atoms with Gasteiger partial charge in [-0.25, -0.2) is 0 Å². The van der Waals surface area contributed by atoms with E-state index in [-0.39, 0.29) is 5.91 Å². The van der Waals surface area contributed by atoms with Gasteiger partial charge in [0.1, 0.15) is 0 Å². The minimum Gasteiger partial charge on any atom is -0.337 e. The zero-order valence-corrected chi connectivity index (χ0v) is 12.5. The summed E-state index contributed by atoms with van der Waals surface area (Å²) in [4.78, 5) is 14.3. The normalized spacial score (nSPS) is 18.2. The summed E-state index contributed by atoms with van der Waals surface area (Å²) in [5.41, 5.74) is 6.32. The zero-order valence-electron chi connectivity index (χ0n) is 12.5. The third-order valence-electron chi connectivity index (χ3n) is 4.73. The van der Waals surface area contributed by atoms with E-state index in [0.717, 1.165) is 25.9 Å². The highest BCUT2D eigenvalue weighted by molar-refractivity contribution is 5.92. The Bertz CT molecular complexity index is 442. The molecule has 1 aliphatic rings. The van der Waals surface area contributed by atoms with Crippen LogP contribution in [0.1, 0.15) is 50.0 Å². The predicted octanol–water partition coefficient (Wildman–Crippen LogP) is 1.28. The number of aromatic nitrogens is 3. The SMILES string of the molecule is CCC1(CC)CCN(C(=O)c2cn(CCN)nn2)CC1. The molecule has 0 bridgehead atoms. The van der Waals surface area contributed by atoms with E-state index in [1.165, 1.54) is 12.8 Å². The topological polar surface area (TPSA) is 77.0 Å². The Morgan fingerprint density at radius 2 is 2.00 bits per heavy atom. The fourth-order valence-corrected chi connectivity index (χ4v) is 2.94. The molecule has 1 amide bonds. The molecule has 112 valence electrons. The maximum Gasteiger partial charge on any atom is 0.276 e. The van der Waals surface area contributed by atoms with Crippen molar-refractivity contribution in [1.82, 2.24) is 19.9 Å². The van der Waals surface area contributed by atoms with Crippen LogP contribution in [0.2, 0.25) is 0 Å². The largest absolute Gasteiger partial charge is 0.337 e. The molecule has 2 rings (SSSR count). The standard InChI is InChI=1S/C14H25N5O/c1-3-14(4-2)5-8-18(9-6-14)13(20)12-11-19(10-7-15)17-16-12/h11H,3-10,15H2,1-2H3. The van der Waals surface area contributed by atoms with Gasteiger partial charge in [0.05, 0.1) is 12.7 Å². The van der Waals surface area contributed by atoms with E-state index in [0.29, 0.717) is 24.2 Å². The van der Waals surface area contributed by atoms with E-state index in [9.17, 15) is 4.79 Å². The Balaban J connectivity index is 1.97. The first-order valence-corrected chi connectivity index (χ1v) is 7.53. The maximum atomic E-state index is 12.4. The number of carbonyl (C=O) groups excluding carboxylic acids is 1. The van der Waals surface area contributed by atoms with Gasteiger partial charge in [-0.05, 0) is 18.3 Å². The summed E-state index contributed by atoms with van der Waals surface area (Å²) < 4.78 is 1.62. The van der Waals surface area contributed by atoms with Crippen molar-refractivity contribution in [1.29, 1.82) is 0 Å². The summed E-state index contributed by atoms with van der Waals surface area (Å²) in [6, 6.07) is 0. The second-order valence-corrected chi connectivity index (χ2v) is 5.65. The lowest BCUT2D eigenvalue weighted by Crippen LogP contribution is -2.43. The molecule has 0 aliphatic carbocycles. The monoisotopic (exact) mass is 279 g/mol. The van der Waals surface area contributed by atoms with Crippen LogP contribution in [0.25, 0.3) is 0 Å². The van der Waals surface area contributed by atoms with Crippen LogP contribution in [0.4, 0.5) is 0 Å². The molecule has 6 heteroatoms. The lowest BCUT2D eigenvalue weighted by Gasteiger charge is -2.40. The van der Waals surface area contributed by atoms with Crippen LogP contribution >= 0.6 is 0 Å². The molecule has 1 aliphatic heterocycles. The lowest BCUT2D eigenvalue weighted by atomic mass is 9.74. The number of hydrogen-bond acceptors (Lipinski definition) is 4. The van der Waals surface area contributed by atoms with Gasteiger partial charge in [-0.1, -0.05) is 31.9 Å². The maximum absolute atomic E-state index is 12.4. The van der Waals surface area contributed by atoms with Crippen LogP contribution in [0, 0.1) is 5.41 Å². The molecule has 2 heterocycles. The highest BCUT2D eigenvalue weighted by atomic mass is 16.2. The molecule has 0 radical (unpaired) electrons. The molecule has 1 saturated heterocycles.